The van der Waals surface area contributed by atoms with Crippen LogP contribution < -0.4 is 0 Å². The maximum atomic E-state index is 9.20. The van der Waals surface area contributed by atoms with E-state index in [1.54, 1.807) is 0 Å². The van der Waals surface area contributed by atoms with E-state index in [1.807, 2.05) is 6.92 Å². The zero-order valence-electron chi connectivity index (χ0n) is 6.82. The normalized spacial score (nSPS) is 16.0. The summed E-state index contributed by atoms with van der Waals surface area (Å²) in [4.78, 5) is 0. The second-order valence-electron chi connectivity index (χ2n) is 2.53. The first kappa shape index (κ1) is 10.6. The molecule has 0 aromatic rings. The van der Waals surface area contributed by atoms with Gasteiger partial charge in [-0.2, -0.15) is 0 Å². The molecule has 0 fully saturated rings. The summed E-state index contributed by atoms with van der Waals surface area (Å²) in [6.07, 6.45) is -0.650. The van der Waals surface area contributed by atoms with Crippen molar-refractivity contribution in [3.05, 3.63) is 12.2 Å². The van der Waals surface area contributed by atoms with E-state index in [1.165, 1.54) is 0 Å². The minimum absolute atomic E-state index is 0.0867. The molecule has 0 rings (SSSR count). The van der Waals surface area contributed by atoms with E-state index in [9.17, 15) is 10.2 Å². The summed E-state index contributed by atoms with van der Waals surface area (Å²) in [6, 6.07) is 0. The molecule has 0 aliphatic rings. The van der Waals surface area contributed by atoms with Crippen molar-refractivity contribution in [3.63, 3.8) is 0 Å². The average Bonchev–Trinajstić information content (AvgIpc) is 2.02. The number of rotatable bonds is 5. The number of hydrogen-bond donors (Lipinski definition) is 3. The third kappa shape index (κ3) is 3.51. The van der Waals surface area contributed by atoms with E-state index in [2.05, 4.69) is 6.58 Å². The first-order valence-electron chi connectivity index (χ1n) is 3.79. The van der Waals surface area contributed by atoms with Crippen LogP contribution in [-0.2, 0) is 0 Å². The Morgan fingerprint density at radius 1 is 1.36 bits per heavy atom. The van der Waals surface area contributed by atoms with Crippen LogP contribution in [0.3, 0.4) is 0 Å². The predicted molar refractivity (Wildman–Crippen MR) is 43.1 cm³/mol. The maximum absolute atomic E-state index is 9.20. The molecule has 66 valence electrons. The van der Waals surface area contributed by atoms with Gasteiger partial charge in [-0.3, -0.25) is 0 Å². The molecule has 3 heteroatoms. The number of hydrogen-bond acceptors (Lipinski definition) is 3. The third-order valence-corrected chi connectivity index (χ3v) is 1.65. The molecule has 0 amide bonds. The van der Waals surface area contributed by atoms with Crippen molar-refractivity contribution in [2.45, 2.75) is 32.0 Å². The number of aliphatic hydroxyl groups excluding tert-OH is 3. The molecule has 2 atom stereocenters. The number of aliphatic hydroxyl groups is 3. The fourth-order valence-corrected chi connectivity index (χ4v) is 0.792. The van der Waals surface area contributed by atoms with Gasteiger partial charge in [0.05, 0.1) is 12.2 Å². The summed E-state index contributed by atoms with van der Waals surface area (Å²) >= 11 is 0. The summed E-state index contributed by atoms with van der Waals surface area (Å²) in [7, 11) is 0. The Balaban J connectivity index is 3.81. The lowest BCUT2D eigenvalue weighted by molar-refractivity contribution is 0.119. The second-order valence-corrected chi connectivity index (χ2v) is 2.53. The summed E-state index contributed by atoms with van der Waals surface area (Å²) in [5, 5.41) is 26.8. The fraction of sp³-hybridized carbons (Fsp3) is 0.750. The molecule has 0 saturated carbocycles. The minimum atomic E-state index is -0.782. The van der Waals surface area contributed by atoms with E-state index in [0.717, 1.165) is 0 Å². The highest BCUT2D eigenvalue weighted by Gasteiger charge is 2.14. The molecule has 3 N–H and O–H groups in total. The first-order valence-corrected chi connectivity index (χ1v) is 3.79. The minimum Gasteiger partial charge on any atom is -0.396 e. The van der Waals surface area contributed by atoms with Crippen molar-refractivity contribution in [1.29, 1.82) is 0 Å². The van der Waals surface area contributed by atoms with Gasteiger partial charge in [-0.05, 0) is 12.0 Å². The molecule has 0 aliphatic carbocycles. The van der Waals surface area contributed by atoms with E-state index >= 15 is 0 Å². The molecule has 0 saturated heterocycles. The largest absolute Gasteiger partial charge is 0.396 e. The van der Waals surface area contributed by atoms with E-state index in [0.29, 0.717) is 12.0 Å². The van der Waals surface area contributed by atoms with Crippen molar-refractivity contribution in [2.75, 3.05) is 6.61 Å². The highest BCUT2D eigenvalue weighted by Crippen LogP contribution is 2.10. The highest BCUT2D eigenvalue weighted by molar-refractivity contribution is 5.07. The van der Waals surface area contributed by atoms with Crippen LogP contribution in [0.1, 0.15) is 19.8 Å². The fourth-order valence-electron chi connectivity index (χ4n) is 0.792. The topological polar surface area (TPSA) is 60.7 Å². The van der Waals surface area contributed by atoms with Gasteiger partial charge in [-0.25, -0.2) is 0 Å². The lowest BCUT2D eigenvalue weighted by atomic mass is 10.0. The molecular formula is C8H16O3. The third-order valence-electron chi connectivity index (χ3n) is 1.65. The van der Waals surface area contributed by atoms with Crippen LogP contribution in [0, 0.1) is 0 Å². The zero-order chi connectivity index (χ0) is 8.85. The lowest BCUT2D eigenvalue weighted by Crippen LogP contribution is -2.21. The predicted octanol–water partition coefficient (Wildman–Crippen LogP) is 0.0568. The molecule has 2 unspecified atom stereocenters. The van der Waals surface area contributed by atoms with Gasteiger partial charge in [-0.15, -0.1) is 0 Å². The standard InChI is InChI=1S/C8H16O3/c1-3-7(10)6(2)8(11)4-5-9/h7-11H,2-5H2,1H3. The molecular weight excluding hydrogens is 144 g/mol. The van der Waals surface area contributed by atoms with Gasteiger partial charge < -0.3 is 15.3 Å². The Hall–Kier alpha value is -0.380. The van der Waals surface area contributed by atoms with Crippen LogP contribution in [0.25, 0.3) is 0 Å². The summed E-state index contributed by atoms with van der Waals surface area (Å²) < 4.78 is 0. The van der Waals surface area contributed by atoms with Crippen molar-refractivity contribution < 1.29 is 15.3 Å². The summed E-state index contributed by atoms with van der Waals surface area (Å²) in [5.41, 5.74) is 0.390. The van der Waals surface area contributed by atoms with Crippen molar-refractivity contribution in [2.24, 2.45) is 0 Å². The van der Waals surface area contributed by atoms with Crippen molar-refractivity contribution in [3.8, 4) is 0 Å². The monoisotopic (exact) mass is 160 g/mol. The Kier molecular flexibility index (Phi) is 5.11. The zero-order valence-corrected chi connectivity index (χ0v) is 6.82. The molecule has 11 heavy (non-hydrogen) atoms. The molecule has 0 bridgehead atoms. The molecule has 3 nitrogen and oxygen atoms in total. The van der Waals surface area contributed by atoms with Gasteiger partial charge in [0, 0.05) is 13.0 Å². The van der Waals surface area contributed by atoms with Crippen molar-refractivity contribution in [1.82, 2.24) is 0 Å². The van der Waals surface area contributed by atoms with E-state index in [4.69, 9.17) is 5.11 Å². The smallest absolute Gasteiger partial charge is 0.0794 e. The SMILES string of the molecule is C=C(C(O)CC)C(O)CCO. The Labute approximate surface area is 67.0 Å². The molecule has 0 aromatic carbocycles. The van der Waals surface area contributed by atoms with Gasteiger partial charge in [0.1, 0.15) is 0 Å². The Morgan fingerprint density at radius 3 is 2.27 bits per heavy atom. The molecule has 0 radical (unpaired) electrons. The van der Waals surface area contributed by atoms with E-state index in [-0.39, 0.29) is 13.0 Å². The van der Waals surface area contributed by atoms with Crippen LogP contribution in [0.4, 0.5) is 0 Å². The first-order chi connectivity index (χ1) is 5.13. The molecule has 0 heterocycles. The van der Waals surface area contributed by atoms with Crippen LogP contribution in [-0.4, -0.2) is 34.1 Å². The van der Waals surface area contributed by atoms with E-state index < -0.39 is 12.2 Å². The van der Waals surface area contributed by atoms with Gasteiger partial charge >= 0.3 is 0 Å². The lowest BCUT2D eigenvalue weighted by Gasteiger charge is -2.16. The van der Waals surface area contributed by atoms with Crippen LogP contribution in [0.5, 0.6) is 0 Å². The van der Waals surface area contributed by atoms with Gasteiger partial charge in [0.15, 0.2) is 0 Å². The highest BCUT2D eigenvalue weighted by atomic mass is 16.3. The Morgan fingerprint density at radius 2 is 1.91 bits per heavy atom. The van der Waals surface area contributed by atoms with Crippen molar-refractivity contribution >= 4 is 0 Å². The quantitative estimate of drug-likeness (QED) is 0.498. The van der Waals surface area contributed by atoms with Gasteiger partial charge in [0.25, 0.3) is 0 Å². The summed E-state index contributed by atoms with van der Waals surface area (Å²) in [6.45, 7) is 5.25. The molecule has 0 aliphatic heterocycles. The second kappa shape index (κ2) is 5.29. The van der Waals surface area contributed by atoms with Crippen LogP contribution in [0.15, 0.2) is 12.2 Å². The molecule has 0 spiro atoms. The maximum Gasteiger partial charge on any atom is 0.0794 e. The van der Waals surface area contributed by atoms with Crippen LogP contribution >= 0.6 is 0 Å². The average molecular weight is 160 g/mol. The van der Waals surface area contributed by atoms with Gasteiger partial charge in [0.2, 0.25) is 0 Å². The summed E-state index contributed by atoms with van der Waals surface area (Å²) in [5.74, 6) is 0. The van der Waals surface area contributed by atoms with Crippen LogP contribution in [0.2, 0.25) is 0 Å². The molecule has 0 aromatic heterocycles. The van der Waals surface area contributed by atoms with Gasteiger partial charge in [-0.1, -0.05) is 13.5 Å². The Bertz CT molecular complexity index is 123.